The second kappa shape index (κ2) is 4.27. The van der Waals surface area contributed by atoms with E-state index in [2.05, 4.69) is 40.4 Å². The third-order valence-electron chi connectivity index (χ3n) is 3.66. The number of aryl methyl sites for hydroxylation is 1. The van der Waals surface area contributed by atoms with Gasteiger partial charge in [-0.2, -0.15) is 0 Å². The minimum Gasteiger partial charge on any atom is -0.473 e. The fraction of sp³-hybridized carbons (Fsp3) is 0.188. The Morgan fingerprint density at radius 1 is 1.15 bits per heavy atom. The Morgan fingerprint density at radius 3 is 2.90 bits per heavy atom. The highest BCUT2D eigenvalue weighted by atomic mass is 16.5. The van der Waals surface area contributed by atoms with Crippen LogP contribution in [0.5, 0.6) is 5.75 Å². The van der Waals surface area contributed by atoms with E-state index in [4.69, 9.17) is 9.26 Å². The molecule has 3 aromatic rings. The van der Waals surface area contributed by atoms with Crippen molar-refractivity contribution in [3.8, 4) is 5.75 Å². The number of hydrogen-bond acceptors (Lipinski definition) is 4. The van der Waals surface area contributed by atoms with Crippen molar-refractivity contribution in [2.24, 2.45) is 0 Å². The molecule has 0 amide bonds. The monoisotopic (exact) mass is 266 g/mol. The molecule has 4 nitrogen and oxygen atoms in total. The summed E-state index contributed by atoms with van der Waals surface area (Å²) < 4.78 is 11.0. The van der Waals surface area contributed by atoms with Gasteiger partial charge in [0.05, 0.1) is 6.54 Å². The van der Waals surface area contributed by atoms with Crippen molar-refractivity contribution >= 4 is 16.6 Å². The lowest BCUT2D eigenvalue weighted by Crippen LogP contribution is -2.32. The van der Waals surface area contributed by atoms with Gasteiger partial charge in [-0.15, -0.1) is 0 Å². The molecule has 0 radical (unpaired) electrons. The number of ether oxygens (including phenoxy) is 1. The highest BCUT2D eigenvalue weighted by Crippen LogP contribution is 2.33. The molecular formula is C16H14N2O2. The summed E-state index contributed by atoms with van der Waals surface area (Å²) in [4.78, 5) is 2.07. The third-order valence-corrected chi connectivity index (χ3v) is 3.66. The van der Waals surface area contributed by atoms with Gasteiger partial charge in [0.15, 0.2) is 12.5 Å². The SMILES string of the molecule is Cc1cc(N2COc3ccc4ccccc4c3C2)no1. The highest BCUT2D eigenvalue weighted by molar-refractivity contribution is 5.88. The van der Waals surface area contributed by atoms with Gasteiger partial charge in [0.1, 0.15) is 11.5 Å². The van der Waals surface area contributed by atoms with Crippen LogP contribution in [-0.2, 0) is 6.54 Å². The summed E-state index contributed by atoms with van der Waals surface area (Å²) in [5, 5.41) is 6.52. The molecule has 4 rings (SSSR count). The lowest BCUT2D eigenvalue weighted by atomic mass is 10.0. The van der Waals surface area contributed by atoms with Crippen LogP contribution in [-0.4, -0.2) is 11.9 Å². The molecule has 0 spiro atoms. The molecule has 0 saturated heterocycles. The molecule has 1 aromatic heterocycles. The number of fused-ring (bicyclic) bond motifs is 3. The molecule has 1 aliphatic rings. The molecule has 20 heavy (non-hydrogen) atoms. The number of rotatable bonds is 1. The second-order valence-corrected chi connectivity index (χ2v) is 5.03. The average Bonchev–Trinajstić information content (AvgIpc) is 2.93. The zero-order chi connectivity index (χ0) is 13.5. The maximum atomic E-state index is 5.85. The minimum absolute atomic E-state index is 0.497. The van der Waals surface area contributed by atoms with Gasteiger partial charge >= 0.3 is 0 Å². The Balaban J connectivity index is 1.79. The van der Waals surface area contributed by atoms with Gasteiger partial charge in [-0.05, 0) is 23.8 Å². The van der Waals surface area contributed by atoms with Crippen LogP contribution in [0.3, 0.4) is 0 Å². The number of anilines is 1. The van der Waals surface area contributed by atoms with Crippen LogP contribution in [0, 0.1) is 6.92 Å². The van der Waals surface area contributed by atoms with Crippen LogP contribution in [0.4, 0.5) is 5.82 Å². The van der Waals surface area contributed by atoms with Gasteiger partial charge in [0.25, 0.3) is 0 Å². The van der Waals surface area contributed by atoms with Gasteiger partial charge in [-0.25, -0.2) is 0 Å². The van der Waals surface area contributed by atoms with E-state index < -0.39 is 0 Å². The lowest BCUT2D eigenvalue weighted by Gasteiger charge is -2.29. The van der Waals surface area contributed by atoms with E-state index in [0.717, 1.165) is 23.9 Å². The second-order valence-electron chi connectivity index (χ2n) is 5.03. The largest absolute Gasteiger partial charge is 0.473 e. The summed E-state index contributed by atoms with van der Waals surface area (Å²) in [6, 6.07) is 14.4. The zero-order valence-corrected chi connectivity index (χ0v) is 11.2. The molecule has 0 aliphatic carbocycles. The highest BCUT2D eigenvalue weighted by Gasteiger charge is 2.21. The summed E-state index contributed by atoms with van der Waals surface area (Å²) in [6.07, 6.45) is 0. The summed E-state index contributed by atoms with van der Waals surface area (Å²) in [7, 11) is 0. The summed E-state index contributed by atoms with van der Waals surface area (Å²) >= 11 is 0. The molecule has 0 saturated carbocycles. The van der Waals surface area contributed by atoms with E-state index in [1.807, 2.05) is 19.1 Å². The van der Waals surface area contributed by atoms with E-state index in [9.17, 15) is 0 Å². The average molecular weight is 266 g/mol. The third kappa shape index (κ3) is 1.72. The Labute approximate surface area is 116 Å². The smallest absolute Gasteiger partial charge is 0.175 e. The quantitative estimate of drug-likeness (QED) is 0.675. The van der Waals surface area contributed by atoms with Gasteiger partial charge in [-0.3, -0.25) is 0 Å². The maximum absolute atomic E-state index is 5.85. The first-order valence-electron chi connectivity index (χ1n) is 6.63. The topological polar surface area (TPSA) is 38.5 Å². The first kappa shape index (κ1) is 11.3. The first-order valence-corrected chi connectivity index (χ1v) is 6.63. The van der Waals surface area contributed by atoms with Crippen molar-refractivity contribution < 1.29 is 9.26 Å². The standard InChI is InChI=1S/C16H14N2O2/c1-11-8-16(17-20-11)18-9-14-13-5-3-2-4-12(13)6-7-15(14)19-10-18/h2-8H,9-10H2,1H3. The van der Waals surface area contributed by atoms with E-state index >= 15 is 0 Å². The Hall–Kier alpha value is -2.49. The van der Waals surface area contributed by atoms with Crippen molar-refractivity contribution in [2.45, 2.75) is 13.5 Å². The molecule has 0 atom stereocenters. The van der Waals surface area contributed by atoms with Crippen LogP contribution in [0.15, 0.2) is 47.0 Å². The zero-order valence-electron chi connectivity index (χ0n) is 11.2. The number of hydrogen-bond donors (Lipinski definition) is 0. The normalized spacial score (nSPS) is 14.2. The molecule has 0 unspecified atom stereocenters. The van der Waals surface area contributed by atoms with Crippen molar-refractivity contribution in [3.05, 3.63) is 53.8 Å². The van der Waals surface area contributed by atoms with Crippen LogP contribution < -0.4 is 9.64 Å². The fourth-order valence-corrected chi connectivity index (χ4v) is 2.65. The Morgan fingerprint density at radius 2 is 2.05 bits per heavy atom. The number of benzene rings is 2. The van der Waals surface area contributed by atoms with E-state index in [0.29, 0.717) is 6.73 Å². The predicted molar refractivity (Wildman–Crippen MR) is 76.9 cm³/mol. The lowest BCUT2D eigenvalue weighted by molar-refractivity contribution is 0.286. The van der Waals surface area contributed by atoms with Gasteiger partial charge in [-0.1, -0.05) is 35.5 Å². The van der Waals surface area contributed by atoms with E-state index in [-0.39, 0.29) is 0 Å². The molecule has 100 valence electrons. The summed E-state index contributed by atoms with van der Waals surface area (Å²) in [6.45, 7) is 3.17. The molecule has 2 aromatic carbocycles. The summed E-state index contributed by atoms with van der Waals surface area (Å²) in [5.74, 6) is 2.59. The molecule has 4 heteroatoms. The Kier molecular flexibility index (Phi) is 2.42. The van der Waals surface area contributed by atoms with Crippen molar-refractivity contribution in [2.75, 3.05) is 11.6 Å². The van der Waals surface area contributed by atoms with Crippen molar-refractivity contribution in [1.29, 1.82) is 0 Å². The van der Waals surface area contributed by atoms with Crippen LogP contribution in [0.25, 0.3) is 10.8 Å². The summed E-state index contributed by atoms with van der Waals surface area (Å²) in [5.41, 5.74) is 1.20. The molecule has 0 bridgehead atoms. The van der Waals surface area contributed by atoms with Gasteiger partial charge < -0.3 is 14.2 Å². The Bertz CT molecular complexity index is 779. The molecule has 0 fully saturated rings. The molecule has 2 heterocycles. The van der Waals surface area contributed by atoms with E-state index in [1.54, 1.807) is 0 Å². The predicted octanol–water partition coefficient (Wildman–Crippen LogP) is 3.49. The van der Waals surface area contributed by atoms with Crippen molar-refractivity contribution in [3.63, 3.8) is 0 Å². The first-order chi connectivity index (χ1) is 9.81. The van der Waals surface area contributed by atoms with Gasteiger partial charge in [0.2, 0.25) is 0 Å². The van der Waals surface area contributed by atoms with Gasteiger partial charge in [0, 0.05) is 11.6 Å². The molecule has 0 N–H and O–H groups in total. The van der Waals surface area contributed by atoms with Crippen LogP contribution >= 0.6 is 0 Å². The van der Waals surface area contributed by atoms with Crippen LogP contribution in [0.2, 0.25) is 0 Å². The molecular weight excluding hydrogens is 252 g/mol. The van der Waals surface area contributed by atoms with E-state index in [1.165, 1.54) is 16.3 Å². The fourth-order valence-electron chi connectivity index (χ4n) is 2.65. The maximum Gasteiger partial charge on any atom is 0.175 e. The van der Waals surface area contributed by atoms with Crippen LogP contribution in [0.1, 0.15) is 11.3 Å². The minimum atomic E-state index is 0.497. The molecule has 1 aliphatic heterocycles. The number of aromatic nitrogens is 1. The van der Waals surface area contributed by atoms with Crippen molar-refractivity contribution in [1.82, 2.24) is 5.16 Å². The number of nitrogens with zero attached hydrogens (tertiary/aromatic N) is 2.